The lowest BCUT2D eigenvalue weighted by atomic mass is 9.84. The van der Waals surface area contributed by atoms with Crippen LogP contribution < -0.4 is 0 Å². The Hall–Kier alpha value is -7.82. The van der Waals surface area contributed by atoms with Crippen molar-refractivity contribution in [2.45, 2.75) is 0 Å². The first kappa shape index (κ1) is 30.4. The highest BCUT2D eigenvalue weighted by atomic mass is 14.7. The largest absolute Gasteiger partial charge is 0.264 e. The molecule has 0 atom stereocenters. The van der Waals surface area contributed by atoms with Crippen molar-refractivity contribution in [3.8, 4) is 66.8 Å². The third-order valence-electron chi connectivity index (χ3n) is 13.0. The summed E-state index contributed by atoms with van der Waals surface area (Å²) in [6, 6.07) is 45.8. The number of rotatable bonds is 2. The van der Waals surface area contributed by atoms with Gasteiger partial charge in [-0.2, -0.15) is 0 Å². The standard InChI is InChI=1S/C54H28N4/c1-5-29-7-3-11-37-41-19-47-43(17-39(41)35(9-1)53(29)37)45-21-50(52-28-58-26-32-24-56-16-14-34(32)52)48-20-42-38-12-4-8-30-6-2-10-36(54(30)38)40(42)18-44(48)46(45)22-49(47)51-27-57-25-31-23-55-15-13-33(31)51/h1-28H. The minimum absolute atomic E-state index is 1.02. The molecule has 0 aliphatic heterocycles. The number of fused-ring (bicyclic) bond motifs is 13. The molecule has 0 spiro atoms. The third-order valence-corrected chi connectivity index (χ3v) is 13.0. The molecule has 4 heteroatoms. The van der Waals surface area contributed by atoms with Gasteiger partial charge in [-0.3, -0.25) is 19.9 Å². The fraction of sp³-hybridized carbons (Fsp3) is 0. The van der Waals surface area contributed by atoms with Crippen molar-refractivity contribution in [3.05, 3.63) is 171 Å². The second-order valence-corrected chi connectivity index (χ2v) is 15.8. The highest BCUT2D eigenvalue weighted by Gasteiger charge is 2.27. The van der Waals surface area contributed by atoms with Gasteiger partial charge < -0.3 is 0 Å². The summed E-state index contributed by atoms with van der Waals surface area (Å²) in [7, 11) is 0. The molecule has 0 N–H and O–H groups in total. The van der Waals surface area contributed by atoms with Crippen molar-refractivity contribution in [1.82, 2.24) is 19.9 Å². The van der Waals surface area contributed by atoms with Gasteiger partial charge in [-0.25, -0.2) is 0 Å². The van der Waals surface area contributed by atoms with Crippen LogP contribution in [0.3, 0.4) is 0 Å². The molecule has 8 aromatic carbocycles. The number of nitrogens with zero attached hydrogens (tertiary/aromatic N) is 4. The van der Waals surface area contributed by atoms with Gasteiger partial charge in [0.2, 0.25) is 0 Å². The molecule has 58 heavy (non-hydrogen) atoms. The van der Waals surface area contributed by atoms with E-state index < -0.39 is 0 Å². The van der Waals surface area contributed by atoms with E-state index in [1.54, 1.807) is 0 Å². The minimum Gasteiger partial charge on any atom is -0.264 e. The SMILES string of the molecule is c1cc2c3c(cccc3c1)-c1cc3c(cc1-2)c(-c1cncc2cnccc12)cc1c2cc4c(cc2c(-c2cncc5cnccc25)cc31)-c1cccc2cccc-4c12. The van der Waals surface area contributed by atoms with Gasteiger partial charge in [0.1, 0.15) is 0 Å². The number of benzene rings is 8. The summed E-state index contributed by atoms with van der Waals surface area (Å²) in [6.07, 6.45) is 15.5. The van der Waals surface area contributed by atoms with Gasteiger partial charge in [0.25, 0.3) is 0 Å². The Kier molecular flexibility index (Phi) is 5.73. The van der Waals surface area contributed by atoms with Crippen molar-refractivity contribution in [2.75, 3.05) is 0 Å². The molecule has 4 heterocycles. The summed E-state index contributed by atoms with van der Waals surface area (Å²) in [5, 5.41) is 16.7. The van der Waals surface area contributed by atoms with Crippen LogP contribution in [-0.2, 0) is 0 Å². The summed E-state index contributed by atoms with van der Waals surface area (Å²) in [5.41, 5.74) is 14.8. The van der Waals surface area contributed by atoms with Crippen molar-refractivity contribution in [1.29, 1.82) is 0 Å². The number of hydrogen-bond donors (Lipinski definition) is 0. The molecule has 264 valence electrons. The Morgan fingerprint density at radius 2 is 0.569 bits per heavy atom. The molecule has 0 radical (unpaired) electrons. The Bertz CT molecular complexity index is 3590. The monoisotopic (exact) mass is 732 g/mol. The molecule has 2 aliphatic carbocycles. The zero-order chi connectivity index (χ0) is 37.6. The Labute approximate surface area is 331 Å². The Balaban J connectivity index is 1.20. The van der Waals surface area contributed by atoms with Crippen LogP contribution in [0.1, 0.15) is 0 Å². The van der Waals surface area contributed by atoms with Gasteiger partial charge in [0, 0.05) is 71.5 Å². The molecule has 12 aromatic rings. The Morgan fingerprint density at radius 1 is 0.224 bits per heavy atom. The van der Waals surface area contributed by atoms with Gasteiger partial charge in [-0.15, -0.1) is 0 Å². The summed E-state index contributed by atoms with van der Waals surface area (Å²) in [4.78, 5) is 18.5. The third kappa shape index (κ3) is 3.88. The van der Waals surface area contributed by atoms with Crippen LogP contribution in [0.5, 0.6) is 0 Å². The number of pyridine rings is 4. The summed E-state index contributed by atoms with van der Waals surface area (Å²) >= 11 is 0. The summed E-state index contributed by atoms with van der Waals surface area (Å²) in [5.74, 6) is 0. The number of hydrogen-bond acceptors (Lipinski definition) is 4. The molecule has 14 rings (SSSR count). The highest BCUT2D eigenvalue weighted by molar-refractivity contribution is 6.30. The van der Waals surface area contributed by atoms with Gasteiger partial charge in [-0.1, -0.05) is 72.8 Å². The molecular weight excluding hydrogens is 705 g/mol. The average molecular weight is 733 g/mol. The smallest absolute Gasteiger partial charge is 0.0362 e. The maximum atomic E-state index is 4.80. The number of aromatic nitrogens is 4. The quantitative estimate of drug-likeness (QED) is 0.166. The van der Waals surface area contributed by atoms with E-state index in [2.05, 4.69) is 131 Å². The zero-order valence-electron chi connectivity index (χ0n) is 31.0. The Morgan fingerprint density at radius 3 is 0.983 bits per heavy atom. The molecule has 2 aliphatic rings. The minimum atomic E-state index is 1.02. The molecule has 0 unspecified atom stereocenters. The van der Waals surface area contributed by atoms with E-state index in [9.17, 15) is 0 Å². The first-order valence-electron chi connectivity index (χ1n) is 19.7. The predicted molar refractivity (Wildman–Crippen MR) is 240 cm³/mol. The lowest BCUT2D eigenvalue weighted by molar-refractivity contribution is 1.32. The van der Waals surface area contributed by atoms with Crippen molar-refractivity contribution in [2.24, 2.45) is 0 Å². The highest BCUT2D eigenvalue weighted by Crippen LogP contribution is 2.54. The predicted octanol–water partition coefficient (Wildman–Crippen LogP) is 14.0. The molecule has 0 bridgehead atoms. The maximum Gasteiger partial charge on any atom is 0.0362 e. The first-order valence-corrected chi connectivity index (χ1v) is 19.7. The summed E-state index contributed by atoms with van der Waals surface area (Å²) in [6.45, 7) is 0. The van der Waals surface area contributed by atoms with E-state index in [1.165, 1.54) is 98.4 Å². The fourth-order valence-electron chi connectivity index (χ4n) is 10.5. The molecule has 0 saturated carbocycles. The van der Waals surface area contributed by atoms with Gasteiger partial charge in [0.15, 0.2) is 0 Å². The zero-order valence-corrected chi connectivity index (χ0v) is 31.0. The van der Waals surface area contributed by atoms with Crippen LogP contribution >= 0.6 is 0 Å². The van der Waals surface area contributed by atoms with Crippen LogP contribution in [0.15, 0.2) is 171 Å². The summed E-state index contributed by atoms with van der Waals surface area (Å²) < 4.78 is 0. The molecule has 0 amide bonds. The van der Waals surface area contributed by atoms with E-state index >= 15 is 0 Å². The fourth-order valence-corrected chi connectivity index (χ4v) is 10.5. The van der Waals surface area contributed by atoms with Gasteiger partial charge >= 0.3 is 0 Å². The van der Waals surface area contributed by atoms with E-state index in [0.717, 1.165) is 43.8 Å². The van der Waals surface area contributed by atoms with E-state index in [1.807, 2.05) is 49.6 Å². The maximum absolute atomic E-state index is 4.80. The normalized spacial score (nSPS) is 12.5. The van der Waals surface area contributed by atoms with Crippen molar-refractivity contribution in [3.63, 3.8) is 0 Å². The van der Waals surface area contributed by atoms with Crippen molar-refractivity contribution >= 4 is 75.4 Å². The molecule has 0 saturated heterocycles. The second kappa shape index (κ2) is 10.9. The molecule has 0 fully saturated rings. The lowest BCUT2D eigenvalue weighted by Gasteiger charge is -2.19. The van der Waals surface area contributed by atoms with E-state index in [4.69, 9.17) is 9.97 Å². The molecule has 4 nitrogen and oxygen atoms in total. The van der Waals surface area contributed by atoms with E-state index in [0.29, 0.717) is 0 Å². The van der Waals surface area contributed by atoms with E-state index in [-0.39, 0.29) is 0 Å². The van der Waals surface area contributed by atoms with Crippen molar-refractivity contribution < 1.29 is 0 Å². The topological polar surface area (TPSA) is 51.6 Å². The average Bonchev–Trinajstić information content (AvgIpc) is 3.77. The van der Waals surface area contributed by atoms with Gasteiger partial charge in [0.05, 0.1) is 0 Å². The molecule has 4 aromatic heterocycles. The lowest BCUT2D eigenvalue weighted by Crippen LogP contribution is -1.93. The van der Waals surface area contributed by atoms with Crippen LogP contribution in [0, 0.1) is 0 Å². The van der Waals surface area contributed by atoms with Gasteiger partial charge in [-0.05, 0) is 169 Å². The van der Waals surface area contributed by atoms with Crippen LogP contribution in [0.2, 0.25) is 0 Å². The first-order chi connectivity index (χ1) is 28.8. The molecular formula is C54H28N4. The van der Waals surface area contributed by atoms with Crippen LogP contribution in [-0.4, -0.2) is 19.9 Å². The van der Waals surface area contributed by atoms with Crippen LogP contribution in [0.4, 0.5) is 0 Å². The van der Waals surface area contributed by atoms with Crippen LogP contribution in [0.25, 0.3) is 142 Å². The second-order valence-electron chi connectivity index (χ2n) is 15.8.